The molecule has 22 heavy (non-hydrogen) atoms. The van der Waals surface area contributed by atoms with Gasteiger partial charge in [-0.1, -0.05) is 0 Å². The van der Waals surface area contributed by atoms with E-state index in [1.54, 1.807) is 14.0 Å². The minimum atomic E-state index is -0.134. The number of urea groups is 1. The van der Waals surface area contributed by atoms with Gasteiger partial charge in [0, 0.05) is 39.6 Å². The van der Waals surface area contributed by atoms with Crippen molar-refractivity contribution >= 4 is 6.03 Å². The highest BCUT2D eigenvalue weighted by molar-refractivity contribution is 5.73. The van der Waals surface area contributed by atoms with E-state index in [-0.39, 0.29) is 6.03 Å². The lowest BCUT2D eigenvalue weighted by Gasteiger charge is -2.32. The van der Waals surface area contributed by atoms with E-state index < -0.39 is 0 Å². The van der Waals surface area contributed by atoms with E-state index in [1.165, 1.54) is 4.90 Å². The average molecular weight is 311 g/mol. The first-order chi connectivity index (χ1) is 10.6. The fourth-order valence-electron chi connectivity index (χ4n) is 2.40. The molecule has 1 aromatic rings. The number of ether oxygens (including phenoxy) is 1. The Hall–Kier alpha value is -1.67. The molecular weight excluding hydrogens is 286 g/mol. The zero-order valence-corrected chi connectivity index (χ0v) is 13.5. The van der Waals surface area contributed by atoms with Crippen LogP contribution in [-0.2, 0) is 11.3 Å². The largest absolute Gasteiger partial charge is 0.424 e. The van der Waals surface area contributed by atoms with Crippen LogP contribution in [0, 0.1) is 6.92 Å². The standard InChI is InChI=1S/C14H25N5O3/c1-11(19-6-8-21-9-7-19)4-5-15-14(20)18(3)10-13-17-16-12(2)22-13/h11H,4-10H2,1-3H3,(H,15,20)/t11-/m1/s1. The molecule has 1 aliphatic rings. The summed E-state index contributed by atoms with van der Waals surface area (Å²) in [6.07, 6.45) is 0.916. The maximum absolute atomic E-state index is 12.0. The van der Waals surface area contributed by atoms with E-state index in [1.807, 2.05) is 0 Å². The molecule has 0 spiro atoms. The zero-order chi connectivity index (χ0) is 15.9. The van der Waals surface area contributed by atoms with Crippen molar-refractivity contribution in [2.45, 2.75) is 32.9 Å². The summed E-state index contributed by atoms with van der Waals surface area (Å²) in [5.41, 5.74) is 0. The Morgan fingerprint density at radius 1 is 1.41 bits per heavy atom. The predicted octanol–water partition coefficient (Wildman–Crippen LogP) is 0.630. The lowest BCUT2D eigenvalue weighted by atomic mass is 10.2. The van der Waals surface area contributed by atoms with Gasteiger partial charge in [0.25, 0.3) is 0 Å². The van der Waals surface area contributed by atoms with Gasteiger partial charge >= 0.3 is 6.03 Å². The molecule has 124 valence electrons. The molecule has 0 bridgehead atoms. The molecule has 0 aromatic carbocycles. The van der Waals surface area contributed by atoms with Crippen molar-refractivity contribution in [3.8, 4) is 0 Å². The van der Waals surface area contributed by atoms with Crippen LogP contribution in [0.15, 0.2) is 4.42 Å². The lowest BCUT2D eigenvalue weighted by Crippen LogP contribution is -2.44. The third-order valence-corrected chi connectivity index (χ3v) is 3.79. The number of morpholine rings is 1. The second-order valence-corrected chi connectivity index (χ2v) is 5.59. The Kier molecular flexibility index (Phi) is 6.14. The van der Waals surface area contributed by atoms with Crippen molar-refractivity contribution in [1.82, 2.24) is 25.3 Å². The molecule has 2 amide bonds. The van der Waals surface area contributed by atoms with Crippen LogP contribution in [0.2, 0.25) is 0 Å². The normalized spacial score (nSPS) is 17.2. The van der Waals surface area contributed by atoms with E-state index >= 15 is 0 Å². The number of nitrogens with one attached hydrogen (secondary N) is 1. The lowest BCUT2D eigenvalue weighted by molar-refractivity contribution is 0.0188. The van der Waals surface area contributed by atoms with Gasteiger partial charge in [-0.05, 0) is 13.3 Å². The monoisotopic (exact) mass is 311 g/mol. The topological polar surface area (TPSA) is 83.7 Å². The van der Waals surface area contributed by atoms with Crippen LogP contribution in [0.1, 0.15) is 25.1 Å². The minimum Gasteiger partial charge on any atom is -0.424 e. The molecule has 1 fully saturated rings. The van der Waals surface area contributed by atoms with Crippen molar-refractivity contribution in [2.75, 3.05) is 39.9 Å². The molecule has 1 atom stereocenters. The molecule has 2 rings (SSSR count). The van der Waals surface area contributed by atoms with Crippen molar-refractivity contribution in [3.63, 3.8) is 0 Å². The molecule has 0 aliphatic carbocycles. The average Bonchev–Trinajstić information content (AvgIpc) is 2.93. The summed E-state index contributed by atoms with van der Waals surface area (Å²) in [4.78, 5) is 15.9. The fraction of sp³-hybridized carbons (Fsp3) is 0.786. The Morgan fingerprint density at radius 2 is 2.14 bits per heavy atom. The van der Waals surface area contributed by atoms with Crippen molar-refractivity contribution in [3.05, 3.63) is 11.8 Å². The number of hydrogen-bond donors (Lipinski definition) is 1. The second kappa shape index (κ2) is 8.09. The highest BCUT2D eigenvalue weighted by atomic mass is 16.5. The molecule has 1 aromatic heterocycles. The van der Waals surface area contributed by atoms with Gasteiger partial charge in [-0.2, -0.15) is 0 Å². The Balaban J connectivity index is 1.66. The van der Waals surface area contributed by atoms with Gasteiger partial charge in [-0.15, -0.1) is 10.2 Å². The van der Waals surface area contributed by atoms with Gasteiger partial charge in [0.15, 0.2) is 0 Å². The Bertz CT molecular complexity index is 473. The van der Waals surface area contributed by atoms with Gasteiger partial charge in [-0.3, -0.25) is 4.90 Å². The summed E-state index contributed by atoms with van der Waals surface area (Å²) in [5, 5.41) is 10.5. The van der Waals surface area contributed by atoms with Gasteiger partial charge < -0.3 is 19.4 Å². The third kappa shape index (κ3) is 4.96. The fourth-order valence-corrected chi connectivity index (χ4v) is 2.40. The minimum absolute atomic E-state index is 0.134. The summed E-state index contributed by atoms with van der Waals surface area (Å²) >= 11 is 0. The van der Waals surface area contributed by atoms with E-state index in [4.69, 9.17) is 9.15 Å². The van der Waals surface area contributed by atoms with Gasteiger partial charge in [0.2, 0.25) is 11.8 Å². The molecule has 2 heterocycles. The van der Waals surface area contributed by atoms with Crippen molar-refractivity contribution in [2.24, 2.45) is 0 Å². The van der Waals surface area contributed by atoms with Crippen LogP contribution in [0.4, 0.5) is 4.79 Å². The number of amides is 2. The molecule has 1 aliphatic heterocycles. The van der Waals surface area contributed by atoms with E-state index in [0.29, 0.717) is 30.9 Å². The highest BCUT2D eigenvalue weighted by Gasteiger charge is 2.17. The highest BCUT2D eigenvalue weighted by Crippen LogP contribution is 2.06. The predicted molar refractivity (Wildman–Crippen MR) is 80.4 cm³/mol. The summed E-state index contributed by atoms with van der Waals surface area (Å²) in [7, 11) is 1.71. The van der Waals surface area contributed by atoms with Crippen LogP contribution >= 0.6 is 0 Å². The third-order valence-electron chi connectivity index (χ3n) is 3.79. The number of rotatable bonds is 6. The van der Waals surface area contributed by atoms with Crippen molar-refractivity contribution in [1.29, 1.82) is 0 Å². The number of carbonyl (C=O) groups is 1. The molecule has 1 saturated heterocycles. The smallest absolute Gasteiger partial charge is 0.317 e. The maximum Gasteiger partial charge on any atom is 0.317 e. The van der Waals surface area contributed by atoms with Gasteiger partial charge in [0.05, 0.1) is 13.2 Å². The SMILES string of the molecule is Cc1nnc(CN(C)C(=O)NCC[C@@H](C)N2CCOCC2)o1. The van der Waals surface area contributed by atoms with E-state index in [0.717, 1.165) is 32.7 Å². The van der Waals surface area contributed by atoms with E-state index in [2.05, 4.69) is 27.3 Å². The summed E-state index contributed by atoms with van der Waals surface area (Å²) < 4.78 is 10.6. The van der Waals surface area contributed by atoms with Crippen LogP contribution in [0.25, 0.3) is 0 Å². The number of nitrogens with zero attached hydrogens (tertiary/aromatic N) is 4. The summed E-state index contributed by atoms with van der Waals surface area (Å²) in [6, 6.07) is 0.304. The molecule has 8 heteroatoms. The Labute approximate surface area is 130 Å². The molecule has 0 saturated carbocycles. The number of aromatic nitrogens is 2. The van der Waals surface area contributed by atoms with Gasteiger partial charge in [-0.25, -0.2) is 4.79 Å². The number of carbonyl (C=O) groups excluding carboxylic acids is 1. The zero-order valence-electron chi connectivity index (χ0n) is 13.5. The van der Waals surface area contributed by atoms with E-state index in [9.17, 15) is 4.79 Å². The Morgan fingerprint density at radius 3 is 2.77 bits per heavy atom. The van der Waals surface area contributed by atoms with Gasteiger partial charge in [0.1, 0.15) is 6.54 Å². The van der Waals surface area contributed by atoms with Crippen LogP contribution in [0.3, 0.4) is 0 Å². The first-order valence-electron chi connectivity index (χ1n) is 7.66. The first-order valence-corrected chi connectivity index (χ1v) is 7.66. The quantitative estimate of drug-likeness (QED) is 0.829. The van der Waals surface area contributed by atoms with Crippen molar-refractivity contribution < 1.29 is 13.9 Å². The molecular formula is C14H25N5O3. The van der Waals surface area contributed by atoms with Crippen LogP contribution < -0.4 is 5.32 Å². The number of aryl methyl sites for hydroxylation is 1. The molecule has 8 nitrogen and oxygen atoms in total. The molecule has 0 unspecified atom stereocenters. The molecule has 1 N–H and O–H groups in total. The first kappa shape index (κ1) is 16.7. The van der Waals surface area contributed by atoms with Crippen LogP contribution in [0.5, 0.6) is 0 Å². The second-order valence-electron chi connectivity index (χ2n) is 5.59. The molecule has 0 radical (unpaired) electrons. The summed E-state index contributed by atoms with van der Waals surface area (Å²) in [6.45, 7) is 8.38. The number of hydrogen-bond acceptors (Lipinski definition) is 6. The van der Waals surface area contributed by atoms with Crippen LogP contribution in [-0.4, -0.2) is 72.0 Å². The maximum atomic E-state index is 12.0. The summed E-state index contributed by atoms with van der Waals surface area (Å²) in [5.74, 6) is 0.944.